The van der Waals surface area contributed by atoms with Gasteiger partial charge < -0.3 is 15.1 Å². The van der Waals surface area contributed by atoms with Gasteiger partial charge in [-0.1, -0.05) is 60.3 Å². The van der Waals surface area contributed by atoms with Crippen LogP contribution in [-0.4, -0.2) is 39.9 Å². The molecule has 182 valence electrons. The van der Waals surface area contributed by atoms with Crippen molar-refractivity contribution in [3.05, 3.63) is 93.9 Å². The number of thioether (sulfide) groups is 1. The molecule has 1 atom stereocenters. The van der Waals surface area contributed by atoms with Gasteiger partial charge in [-0.05, 0) is 37.8 Å². The first-order chi connectivity index (χ1) is 16.9. The van der Waals surface area contributed by atoms with Gasteiger partial charge in [-0.25, -0.2) is 9.38 Å². The molecule has 8 heteroatoms. The Morgan fingerprint density at radius 3 is 2.46 bits per heavy atom. The van der Waals surface area contributed by atoms with Crippen LogP contribution in [0.1, 0.15) is 44.4 Å². The molecule has 4 rings (SSSR count). The Balaban J connectivity index is 1.65. The maximum atomic E-state index is 15.1. The number of amidine groups is 1. The molecule has 6 nitrogen and oxygen atoms in total. The van der Waals surface area contributed by atoms with E-state index >= 15 is 4.39 Å². The third kappa shape index (κ3) is 5.17. The summed E-state index contributed by atoms with van der Waals surface area (Å²) < 4.78 is 15.1. The Labute approximate surface area is 209 Å². The molecule has 0 spiro atoms. The van der Waals surface area contributed by atoms with Gasteiger partial charge in [0, 0.05) is 30.9 Å². The normalized spacial score (nSPS) is 17.0. The van der Waals surface area contributed by atoms with Gasteiger partial charge in [0.2, 0.25) is 5.91 Å². The molecule has 1 N–H and O–H groups in total. The number of allylic oxidation sites excluding steroid dienone is 1. The molecule has 0 saturated carbocycles. The highest BCUT2D eigenvalue weighted by atomic mass is 32.2. The number of nitrogens with zero attached hydrogens (tertiary/aromatic N) is 3. The number of benzene rings is 2. The van der Waals surface area contributed by atoms with Crippen molar-refractivity contribution in [1.29, 1.82) is 0 Å². The number of carbonyl (C=O) groups is 2. The van der Waals surface area contributed by atoms with Crippen molar-refractivity contribution in [2.75, 3.05) is 13.1 Å². The molecule has 0 bridgehead atoms. The Morgan fingerprint density at radius 2 is 1.77 bits per heavy atom. The minimum absolute atomic E-state index is 0.0929. The number of hydrogen-bond acceptors (Lipinski definition) is 5. The summed E-state index contributed by atoms with van der Waals surface area (Å²) in [6, 6.07) is 15.5. The van der Waals surface area contributed by atoms with Gasteiger partial charge in [0.1, 0.15) is 5.82 Å². The Kier molecular flexibility index (Phi) is 7.70. The van der Waals surface area contributed by atoms with Crippen molar-refractivity contribution in [3.8, 4) is 0 Å². The van der Waals surface area contributed by atoms with Crippen LogP contribution in [0.3, 0.4) is 0 Å². The van der Waals surface area contributed by atoms with E-state index in [1.165, 1.54) is 17.8 Å². The van der Waals surface area contributed by atoms with Crippen molar-refractivity contribution in [2.24, 2.45) is 4.99 Å². The fourth-order valence-electron chi connectivity index (χ4n) is 4.34. The lowest BCUT2D eigenvalue weighted by molar-refractivity contribution is -0.127. The first-order valence-electron chi connectivity index (χ1n) is 11.7. The van der Waals surface area contributed by atoms with Crippen LogP contribution in [-0.2, 0) is 16.1 Å². The monoisotopic (exact) mass is 492 g/mol. The average molecular weight is 493 g/mol. The number of halogens is 1. The number of likely N-dealkylation sites (N-methyl/N-ethyl adjacent to an activating group) is 1. The number of fused-ring (bicyclic) bond motifs is 1. The molecule has 2 aliphatic heterocycles. The maximum absolute atomic E-state index is 15.1. The third-order valence-corrected chi connectivity index (χ3v) is 7.04. The second-order valence-corrected chi connectivity index (χ2v) is 9.17. The summed E-state index contributed by atoms with van der Waals surface area (Å²) in [4.78, 5) is 34.7. The van der Waals surface area contributed by atoms with Gasteiger partial charge in [0.15, 0.2) is 5.17 Å². The Bertz CT molecular complexity index is 1200. The van der Waals surface area contributed by atoms with Gasteiger partial charge in [-0.3, -0.25) is 9.59 Å². The van der Waals surface area contributed by atoms with Gasteiger partial charge >= 0.3 is 0 Å². The topological polar surface area (TPSA) is 65.0 Å². The van der Waals surface area contributed by atoms with Gasteiger partial charge in [0.05, 0.1) is 23.7 Å². The van der Waals surface area contributed by atoms with Crippen LogP contribution in [0.2, 0.25) is 0 Å². The lowest BCUT2D eigenvalue weighted by atomic mass is 9.92. The Hall–Kier alpha value is -3.39. The van der Waals surface area contributed by atoms with Crippen molar-refractivity contribution >= 4 is 28.7 Å². The van der Waals surface area contributed by atoms with Gasteiger partial charge in [-0.2, -0.15) is 0 Å². The van der Waals surface area contributed by atoms with Crippen LogP contribution in [0.25, 0.3) is 0 Å². The van der Waals surface area contributed by atoms with Crippen molar-refractivity contribution in [2.45, 2.75) is 39.8 Å². The third-order valence-electron chi connectivity index (χ3n) is 6.16. The number of nitrogens with one attached hydrogen (secondary N) is 1. The maximum Gasteiger partial charge on any atom is 0.254 e. The highest BCUT2D eigenvalue weighted by Crippen LogP contribution is 2.45. The molecule has 0 radical (unpaired) electrons. The first-order valence-corrected chi connectivity index (χ1v) is 12.6. The lowest BCUT2D eigenvalue weighted by Gasteiger charge is -2.38. The van der Waals surface area contributed by atoms with Crippen molar-refractivity contribution < 1.29 is 14.0 Å². The van der Waals surface area contributed by atoms with Gasteiger partial charge in [-0.15, -0.1) is 0 Å². The average Bonchev–Trinajstić information content (AvgIpc) is 3.25. The zero-order chi connectivity index (χ0) is 24.9. The number of carbonyl (C=O) groups excluding carboxylic acids is 2. The molecule has 0 unspecified atom stereocenters. The zero-order valence-corrected chi connectivity index (χ0v) is 20.9. The van der Waals surface area contributed by atoms with Crippen LogP contribution in [0, 0.1) is 5.82 Å². The van der Waals surface area contributed by atoms with Crippen molar-refractivity contribution in [1.82, 2.24) is 15.1 Å². The standard InChI is InChI=1S/C27H29FN4O2S/c1-4-31(5-2)26(34)24-18(3)30-27-32(25(24)21-13-9-10-14-22(21)28)20(17-35-27)15-23(33)29-16-19-11-7-6-8-12-19/h6-14,17,25H,4-5,15-16H2,1-3H3,(H,29,33)/t25-/m0/s1. The smallest absolute Gasteiger partial charge is 0.254 e. The second kappa shape index (κ2) is 10.9. The SMILES string of the molecule is CCN(CC)C(=O)C1=C(C)N=C2SC=C(CC(=O)NCc3ccccc3)N2[C@H]1c1ccccc1F. The van der Waals surface area contributed by atoms with E-state index in [1.807, 2.05) is 54.5 Å². The summed E-state index contributed by atoms with van der Waals surface area (Å²) in [6.07, 6.45) is 0.0929. The molecule has 0 saturated heterocycles. The van der Waals surface area contributed by atoms with E-state index in [4.69, 9.17) is 0 Å². The molecule has 2 aliphatic rings. The Morgan fingerprint density at radius 1 is 1.09 bits per heavy atom. The van der Waals surface area contributed by atoms with E-state index in [9.17, 15) is 9.59 Å². The minimum atomic E-state index is -0.708. The van der Waals surface area contributed by atoms with E-state index in [2.05, 4.69) is 10.3 Å². The molecule has 0 aromatic heterocycles. The number of rotatable bonds is 8. The van der Waals surface area contributed by atoms with Crippen LogP contribution < -0.4 is 5.32 Å². The molecule has 2 amide bonds. The summed E-state index contributed by atoms with van der Waals surface area (Å²) in [5.74, 6) is -0.730. The van der Waals surface area contributed by atoms with Crippen LogP contribution in [0.5, 0.6) is 0 Å². The highest BCUT2D eigenvalue weighted by molar-refractivity contribution is 8.16. The molecule has 2 aromatic carbocycles. The largest absolute Gasteiger partial charge is 0.352 e. The van der Waals surface area contributed by atoms with Crippen LogP contribution in [0.15, 0.2) is 82.0 Å². The second-order valence-electron chi connectivity index (χ2n) is 8.33. The molecule has 2 heterocycles. The fraction of sp³-hybridized carbons (Fsp3) is 0.296. The molecule has 0 aliphatic carbocycles. The minimum Gasteiger partial charge on any atom is -0.352 e. The quantitative estimate of drug-likeness (QED) is 0.565. The van der Waals surface area contributed by atoms with E-state index in [0.29, 0.717) is 47.3 Å². The summed E-state index contributed by atoms with van der Waals surface area (Å²) >= 11 is 1.38. The van der Waals surface area contributed by atoms with E-state index in [1.54, 1.807) is 30.0 Å². The highest BCUT2D eigenvalue weighted by Gasteiger charge is 2.42. The fourth-order valence-corrected chi connectivity index (χ4v) is 5.30. The molecular weight excluding hydrogens is 463 g/mol. The summed E-state index contributed by atoms with van der Waals surface area (Å²) in [5.41, 5.74) is 3.07. The van der Waals surface area contributed by atoms with Crippen LogP contribution >= 0.6 is 11.8 Å². The molecule has 2 aromatic rings. The van der Waals surface area contributed by atoms with Gasteiger partial charge in [0.25, 0.3) is 5.91 Å². The summed E-state index contributed by atoms with van der Waals surface area (Å²) in [6.45, 7) is 7.11. The number of aliphatic imine (C=N–C) groups is 1. The molecular formula is C27H29FN4O2S. The predicted molar refractivity (Wildman–Crippen MR) is 138 cm³/mol. The van der Waals surface area contributed by atoms with E-state index < -0.39 is 11.9 Å². The predicted octanol–water partition coefficient (Wildman–Crippen LogP) is 4.98. The zero-order valence-electron chi connectivity index (χ0n) is 20.1. The number of hydrogen-bond donors (Lipinski definition) is 1. The molecule has 0 fully saturated rings. The molecule has 35 heavy (non-hydrogen) atoms. The summed E-state index contributed by atoms with van der Waals surface area (Å²) in [7, 11) is 0. The van der Waals surface area contributed by atoms with Crippen molar-refractivity contribution in [3.63, 3.8) is 0 Å². The van der Waals surface area contributed by atoms with E-state index in [-0.39, 0.29) is 18.2 Å². The summed E-state index contributed by atoms with van der Waals surface area (Å²) in [5, 5.41) is 5.45. The first kappa shape index (κ1) is 24.7. The number of amides is 2. The van der Waals surface area contributed by atoms with Crippen LogP contribution in [0.4, 0.5) is 4.39 Å². The lowest BCUT2D eigenvalue weighted by Crippen LogP contribution is -2.42. The van der Waals surface area contributed by atoms with E-state index in [0.717, 1.165) is 5.56 Å².